The molecular formula is C25H32O5. The van der Waals surface area contributed by atoms with Crippen molar-refractivity contribution in [3.63, 3.8) is 0 Å². The van der Waals surface area contributed by atoms with E-state index in [-0.39, 0.29) is 23.9 Å². The maximum atomic E-state index is 12.6. The summed E-state index contributed by atoms with van der Waals surface area (Å²) in [6, 6.07) is 19.0. The summed E-state index contributed by atoms with van der Waals surface area (Å²) in [5.74, 6) is 0.0245. The van der Waals surface area contributed by atoms with Crippen molar-refractivity contribution < 1.29 is 23.7 Å². The van der Waals surface area contributed by atoms with Gasteiger partial charge < -0.3 is 18.9 Å². The predicted molar refractivity (Wildman–Crippen MR) is 115 cm³/mol. The maximum Gasteiger partial charge on any atom is 0.338 e. The normalized spacial score (nSPS) is 26.3. The molecule has 0 aliphatic carbocycles. The molecule has 0 saturated carbocycles. The molecule has 2 aromatic rings. The molecule has 0 radical (unpaired) electrons. The second kappa shape index (κ2) is 11.3. The minimum absolute atomic E-state index is 0.0712. The summed E-state index contributed by atoms with van der Waals surface area (Å²) >= 11 is 0. The van der Waals surface area contributed by atoms with Gasteiger partial charge in [-0.05, 0) is 30.0 Å². The van der Waals surface area contributed by atoms with E-state index in [4.69, 9.17) is 18.9 Å². The van der Waals surface area contributed by atoms with E-state index in [2.05, 4.69) is 20.8 Å². The lowest BCUT2D eigenvalue weighted by Gasteiger charge is -2.43. The largest absolute Gasteiger partial charge is 0.453 e. The van der Waals surface area contributed by atoms with Crippen LogP contribution in [-0.2, 0) is 25.6 Å². The lowest BCUT2D eigenvalue weighted by molar-refractivity contribution is -0.271. The molecule has 0 bridgehead atoms. The Morgan fingerprint density at radius 3 is 2.27 bits per heavy atom. The number of hydrogen-bond acceptors (Lipinski definition) is 5. The van der Waals surface area contributed by atoms with Crippen LogP contribution in [-0.4, -0.2) is 37.7 Å². The van der Waals surface area contributed by atoms with Crippen molar-refractivity contribution in [3.05, 3.63) is 71.8 Å². The summed E-state index contributed by atoms with van der Waals surface area (Å²) < 4.78 is 23.7. The lowest BCUT2D eigenvalue weighted by Crippen LogP contribution is -2.52. The van der Waals surface area contributed by atoms with Gasteiger partial charge in [-0.3, -0.25) is 0 Å². The Labute approximate surface area is 179 Å². The molecule has 1 heterocycles. The molecule has 0 N–H and O–H groups in total. The molecule has 0 spiro atoms. The van der Waals surface area contributed by atoms with Gasteiger partial charge in [0.25, 0.3) is 0 Å². The number of esters is 1. The third kappa shape index (κ3) is 5.91. The summed E-state index contributed by atoms with van der Waals surface area (Å²) in [6.07, 6.45) is -0.115. The average molecular weight is 413 g/mol. The van der Waals surface area contributed by atoms with Crippen LogP contribution in [0.2, 0.25) is 0 Å². The third-order valence-corrected chi connectivity index (χ3v) is 5.79. The van der Waals surface area contributed by atoms with Gasteiger partial charge in [-0.1, -0.05) is 69.3 Å². The summed E-state index contributed by atoms with van der Waals surface area (Å²) in [5.41, 5.74) is 1.65. The lowest BCUT2D eigenvalue weighted by atomic mass is 9.82. The van der Waals surface area contributed by atoms with Crippen molar-refractivity contribution in [3.8, 4) is 0 Å². The number of carbonyl (C=O) groups is 1. The van der Waals surface area contributed by atoms with Gasteiger partial charge in [0.05, 0.1) is 31.5 Å². The molecule has 5 atom stereocenters. The molecular weight excluding hydrogens is 380 g/mol. The van der Waals surface area contributed by atoms with Gasteiger partial charge in [-0.15, -0.1) is 0 Å². The summed E-state index contributed by atoms with van der Waals surface area (Å²) in [7, 11) is 0. The molecule has 5 nitrogen and oxygen atoms in total. The van der Waals surface area contributed by atoms with Gasteiger partial charge >= 0.3 is 5.97 Å². The fraction of sp³-hybridized carbons (Fsp3) is 0.480. The topological polar surface area (TPSA) is 54.0 Å². The first-order valence-corrected chi connectivity index (χ1v) is 10.7. The summed E-state index contributed by atoms with van der Waals surface area (Å²) in [4.78, 5) is 12.6. The molecule has 2 aromatic carbocycles. The zero-order valence-electron chi connectivity index (χ0n) is 18.0. The highest BCUT2D eigenvalue weighted by Crippen LogP contribution is 2.35. The van der Waals surface area contributed by atoms with Crippen molar-refractivity contribution in [2.45, 2.75) is 52.3 Å². The Kier molecular flexibility index (Phi) is 8.43. The van der Waals surface area contributed by atoms with E-state index in [0.29, 0.717) is 25.4 Å². The monoisotopic (exact) mass is 412 g/mol. The molecule has 1 fully saturated rings. The smallest absolute Gasteiger partial charge is 0.338 e. The third-order valence-electron chi connectivity index (χ3n) is 5.79. The Morgan fingerprint density at radius 1 is 0.933 bits per heavy atom. The first-order chi connectivity index (χ1) is 14.6. The van der Waals surface area contributed by atoms with Crippen LogP contribution in [0.5, 0.6) is 0 Å². The Hall–Kier alpha value is -2.21. The number of rotatable bonds is 9. The van der Waals surface area contributed by atoms with E-state index in [0.717, 1.165) is 12.0 Å². The summed E-state index contributed by atoms with van der Waals surface area (Å²) in [5, 5.41) is 0. The molecule has 5 heteroatoms. The van der Waals surface area contributed by atoms with E-state index in [9.17, 15) is 4.79 Å². The molecule has 1 saturated heterocycles. The fourth-order valence-corrected chi connectivity index (χ4v) is 3.78. The van der Waals surface area contributed by atoms with Gasteiger partial charge in [-0.2, -0.15) is 0 Å². The van der Waals surface area contributed by atoms with Gasteiger partial charge in [0.2, 0.25) is 0 Å². The highest BCUT2D eigenvalue weighted by atomic mass is 16.7. The van der Waals surface area contributed by atoms with Gasteiger partial charge in [0.1, 0.15) is 0 Å². The minimum atomic E-state index is -0.603. The highest BCUT2D eigenvalue weighted by molar-refractivity contribution is 5.89. The second-order valence-corrected chi connectivity index (χ2v) is 7.81. The standard InChI is InChI=1S/C25H32O5/c1-4-22-18(2)19(3)23(30-24(26)21-13-9-6-10-14-21)25(29-22)28-16-15-27-17-20-11-7-5-8-12-20/h5-14,18-19,22-23,25H,4,15-17H2,1-3H3. The quantitative estimate of drug-likeness (QED) is 0.435. The van der Waals surface area contributed by atoms with Crippen LogP contribution in [0.1, 0.15) is 43.1 Å². The maximum absolute atomic E-state index is 12.6. The van der Waals surface area contributed by atoms with E-state index in [1.54, 1.807) is 12.1 Å². The van der Waals surface area contributed by atoms with Crippen molar-refractivity contribution in [1.82, 2.24) is 0 Å². The molecule has 30 heavy (non-hydrogen) atoms. The Balaban J connectivity index is 1.57. The SMILES string of the molecule is CCC1OC(OCCOCc2ccccc2)C(OC(=O)c2ccccc2)C(C)C1C. The second-order valence-electron chi connectivity index (χ2n) is 7.81. The van der Waals surface area contributed by atoms with Crippen molar-refractivity contribution >= 4 is 5.97 Å². The molecule has 1 aliphatic heterocycles. The van der Waals surface area contributed by atoms with Crippen LogP contribution in [0, 0.1) is 11.8 Å². The predicted octanol–water partition coefficient (Wildman–Crippen LogP) is 4.85. The first kappa shape index (κ1) is 22.5. The molecule has 0 aromatic heterocycles. The van der Waals surface area contributed by atoms with Gasteiger partial charge in [0, 0.05) is 5.92 Å². The van der Waals surface area contributed by atoms with E-state index < -0.39 is 12.4 Å². The summed E-state index contributed by atoms with van der Waals surface area (Å²) in [6.45, 7) is 7.68. The number of carbonyl (C=O) groups excluding carboxylic acids is 1. The highest BCUT2D eigenvalue weighted by Gasteiger charge is 2.43. The van der Waals surface area contributed by atoms with Crippen LogP contribution in [0.3, 0.4) is 0 Å². The zero-order chi connectivity index (χ0) is 21.3. The van der Waals surface area contributed by atoms with Crippen LogP contribution >= 0.6 is 0 Å². The molecule has 1 aliphatic rings. The van der Waals surface area contributed by atoms with Gasteiger partial charge in [-0.25, -0.2) is 4.79 Å². The molecule has 162 valence electrons. The van der Waals surface area contributed by atoms with E-state index in [1.807, 2.05) is 48.5 Å². The Bertz CT molecular complexity index is 764. The Morgan fingerprint density at radius 2 is 1.60 bits per heavy atom. The molecule has 5 unspecified atom stereocenters. The van der Waals surface area contributed by atoms with Crippen LogP contribution in [0.15, 0.2) is 60.7 Å². The number of hydrogen-bond donors (Lipinski definition) is 0. The van der Waals surface area contributed by atoms with Crippen molar-refractivity contribution in [2.24, 2.45) is 11.8 Å². The fourth-order valence-electron chi connectivity index (χ4n) is 3.78. The van der Waals surface area contributed by atoms with Crippen molar-refractivity contribution in [1.29, 1.82) is 0 Å². The van der Waals surface area contributed by atoms with Gasteiger partial charge in [0.15, 0.2) is 12.4 Å². The minimum Gasteiger partial charge on any atom is -0.453 e. The van der Waals surface area contributed by atoms with E-state index >= 15 is 0 Å². The van der Waals surface area contributed by atoms with Crippen molar-refractivity contribution in [2.75, 3.05) is 13.2 Å². The van der Waals surface area contributed by atoms with Crippen LogP contribution in [0.25, 0.3) is 0 Å². The molecule has 0 amide bonds. The van der Waals surface area contributed by atoms with Crippen LogP contribution in [0.4, 0.5) is 0 Å². The number of ether oxygens (including phenoxy) is 4. The number of benzene rings is 2. The first-order valence-electron chi connectivity index (χ1n) is 10.7. The average Bonchev–Trinajstić information content (AvgIpc) is 2.79. The molecule has 3 rings (SSSR count). The zero-order valence-corrected chi connectivity index (χ0v) is 18.0. The van der Waals surface area contributed by atoms with Crippen LogP contribution < -0.4 is 0 Å². The van der Waals surface area contributed by atoms with E-state index in [1.165, 1.54) is 0 Å².